The first kappa shape index (κ1) is 12.7. The number of amides is 1. The monoisotopic (exact) mass is 285 g/mol. The number of hydrogen-bond acceptors (Lipinski definition) is 3. The molecule has 1 saturated carbocycles. The van der Waals surface area contributed by atoms with E-state index in [1.807, 2.05) is 23.1 Å². The molecule has 2 unspecified atom stereocenters. The molecule has 1 aliphatic carbocycles. The van der Waals surface area contributed by atoms with Crippen molar-refractivity contribution in [2.24, 2.45) is 0 Å². The molecule has 2 heterocycles. The van der Waals surface area contributed by atoms with Gasteiger partial charge in [0.2, 0.25) is 0 Å². The number of rotatable bonds is 1. The minimum Gasteiger partial charge on any atom is -0.399 e. The van der Waals surface area contributed by atoms with E-state index >= 15 is 0 Å². The minimum absolute atomic E-state index is 0.0899. The Morgan fingerprint density at radius 1 is 1.38 bits per heavy atom. The zero-order valence-electron chi connectivity index (χ0n) is 11.8. The van der Waals surface area contributed by atoms with E-state index in [-0.39, 0.29) is 18.1 Å². The maximum atomic E-state index is 12.9. The van der Waals surface area contributed by atoms with E-state index in [1.54, 1.807) is 6.20 Å². The second kappa shape index (κ2) is 4.77. The third-order valence-corrected chi connectivity index (χ3v) is 4.68. The molecule has 0 spiro atoms. The van der Waals surface area contributed by atoms with Crippen molar-refractivity contribution in [3.63, 3.8) is 0 Å². The third-order valence-electron chi connectivity index (χ3n) is 4.68. The van der Waals surface area contributed by atoms with Gasteiger partial charge in [-0.2, -0.15) is 0 Å². The molecule has 2 aromatic rings. The van der Waals surface area contributed by atoms with Gasteiger partial charge < -0.3 is 20.4 Å². The van der Waals surface area contributed by atoms with Gasteiger partial charge in [0.15, 0.2) is 0 Å². The van der Waals surface area contributed by atoms with E-state index in [0.717, 1.165) is 30.2 Å². The predicted octanol–water partition coefficient (Wildman–Crippen LogP) is 2.14. The van der Waals surface area contributed by atoms with Crippen LogP contribution in [0.2, 0.25) is 0 Å². The number of nitrogens with one attached hydrogen (secondary N) is 1. The van der Waals surface area contributed by atoms with Crippen molar-refractivity contribution in [3.8, 4) is 0 Å². The molecule has 3 N–H and O–H groups in total. The quantitative estimate of drug-likeness (QED) is 0.789. The molecular formula is C16H19N3O2. The molecule has 0 bridgehead atoms. The first-order chi connectivity index (χ1) is 10.2. The number of fused-ring (bicyclic) bond motifs is 2. The lowest BCUT2D eigenvalue weighted by Gasteiger charge is -2.37. The van der Waals surface area contributed by atoms with Crippen molar-refractivity contribution in [1.29, 1.82) is 0 Å². The zero-order chi connectivity index (χ0) is 14.4. The summed E-state index contributed by atoms with van der Waals surface area (Å²) in [6.45, 7) is 1.31. The molecule has 5 nitrogen and oxygen atoms in total. The van der Waals surface area contributed by atoms with Crippen molar-refractivity contribution >= 4 is 22.5 Å². The van der Waals surface area contributed by atoms with Gasteiger partial charge in [-0.25, -0.2) is 0 Å². The van der Waals surface area contributed by atoms with Crippen LogP contribution in [-0.2, 0) is 4.74 Å². The van der Waals surface area contributed by atoms with Crippen LogP contribution in [0.4, 0.5) is 5.69 Å². The van der Waals surface area contributed by atoms with Gasteiger partial charge >= 0.3 is 0 Å². The van der Waals surface area contributed by atoms with Crippen LogP contribution in [0.5, 0.6) is 0 Å². The van der Waals surface area contributed by atoms with Crippen LogP contribution in [-0.4, -0.2) is 41.1 Å². The summed E-state index contributed by atoms with van der Waals surface area (Å²) in [4.78, 5) is 18.1. The van der Waals surface area contributed by atoms with Gasteiger partial charge in [-0.1, -0.05) is 0 Å². The summed E-state index contributed by atoms with van der Waals surface area (Å²) in [5, 5.41) is 0.904. The normalized spacial score (nSPS) is 25.2. The van der Waals surface area contributed by atoms with E-state index in [2.05, 4.69) is 4.98 Å². The lowest BCUT2D eigenvalue weighted by molar-refractivity contribution is -0.0444. The lowest BCUT2D eigenvalue weighted by atomic mass is 10.1. The molecule has 1 amide bonds. The van der Waals surface area contributed by atoms with Gasteiger partial charge in [0.25, 0.3) is 5.91 Å². The lowest BCUT2D eigenvalue weighted by Crippen LogP contribution is -2.51. The van der Waals surface area contributed by atoms with E-state index in [1.165, 1.54) is 0 Å². The van der Waals surface area contributed by atoms with Gasteiger partial charge in [0, 0.05) is 29.3 Å². The Morgan fingerprint density at radius 3 is 3.19 bits per heavy atom. The molecular weight excluding hydrogens is 266 g/mol. The number of nitrogens with two attached hydrogens (primary N) is 1. The number of aromatic amines is 1. The topological polar surface area (TPSA) is 71.4 Å². The molecule has 5 heteroatoms. The molecule has 1 aromatic carbocycles. The number of anilines is 1. The van der Waals surface area contributed by atoms with E-state index < -0.39 is 0 Å². The maximum absolute atomic E-state index is 12.9. The fraction of sp³-hybridized carbons (Fsp3) is 0.438. The van der Waals surface area contributed by atoms with Crippen molar-refractivity contribution in [1.82, 2.24) is 9.88 Å². The maximum Gasteiger partial charge on any atom is 0.256 e. The van der Waals surface area contributed by atoms with Gasteiger partial charge in [-0.15, -0.1) is 0 Å². The Labute approximate surface area is 123 Å². The largest absolute Gasteiger partial charge is 0.399 e. The summed E-state index contributed by atoms with van der Waals surface area (Å²) in [5.74, 6) is 0.0899. The summed E-state index contributed by atoms with van der Waals surface area (Å²) >= 11 is 0. The highest BCUT2D eigenvalue weighted by Gasteiger charge is 2.39. The first-order valence-corrected chi connectivity index (χ1v) is 7.53. The minimum atomic E-state index is 0.0899. The number of H-pyrrole nitrogens is 1. The molecule has 1 aliphatic heterocycles. The molecule has 0 radical (unpaired) electrons. The molecule has 2 aliphatic rings. The molecule has 2 fully saturated rings. The van der Waals surface area contributed by atoms with Crippen molar-refractivity contribution < 1.29 is 9.53 Å². The van der Waals surface area contributed by atoms with E-state index in [4.69, 9.17) is 10.5 Å². The molecule has 1 aromatic heterocycles. The van der Waals surface area contributed by atoms with Gasteiger partial charge in [0.1, 0.15) is 0 Å². The number of benzene rings is 1. The van der Waals surface area contributed by atoms with Gasteiger partial charge in [0.05, 0.1) is 24.3 Å². The third kappa shape index (κ3) is 2.00. The second-order valence-corrected chi connectivity index (χ2v) is 5.91. The molecule has 110 valence electrons. The fourth-order valence-corrected chi connectivity index (χ4v) is 3.65. The molecule has 21 heavy (non-hydrogen) atoms. The summed E-state index contributed by atoms with van der Waals surface area (Å²) in [7, 11) is 0. The average Bonchev–Trinajstić information content (AvgIpc) is 3.12. The Hall–Kier alpha value is -2.01. The number of carbonyl (C=O) groups is 1. The van der Waals surface area contributed by atoms with Crippen LogP contribution < -0.4 is 5.73 Å². The summed E-state index contributed by atoms with van der Waals surface area (Å²) < 4.78 is 5.78. The number of carbonyl (C=O) groups excluding carboxylic acids is 1. The number of morpholine rings is 1. The Balaban J connectivity index is 1.71. The van der Waals surface area contributed by atoms with E-state index in [0.29, 0.717) is 24.4 Å². The van der Waals surface area contributed by atoms with Crippen molar-refractivity contribution in [2.75, 3.05) is 18.9 Å². The highest BCUT2D eigenvalue weighted by Crippen LogP contribution is 2.32. The predicted molar refractivity (Wildman–Crippen MR) is 81.1 cm³/mol. The molecule has 4 rings (SSSR count). The van der Waals surface area contributed by atoms with Crippen molar-refractivity contribution in [3.05, 3.63) is 30.0 Å². The average molecular weight is 285 g/mol. The van der Waals surface area contributed by atoms with Crippen LogP contribution in [0.15, 0.2) is 24.4 Å². The second-order valence-electron chi connectivity index (χ2n) is 5.91. The number of nitrogens with zero attached hydrogens (tertiary/aromatic N) is 1. The molecule has 1 saturated heterocycles. The number of nitrogen functional groups attached to an aromatic ring is 1. The Bertz CT molecular complexity index is 694. The number of hydrogen-bond donors (Lipinski definition) is 2. The Morgan fingerprint density at radius 2 is 2.29 bits per heavy atom. The summed E-state index contributed by atoms with van der Waals surface area (Å²) in [6, 6.07) is 5.86. The van der Waals surface area contributed by atoms with Crippen LogP contribution >= 0.6 is 0 Å². The van der Waals surface area contributed by atoms with Crippen LogP contribution in [0, 0.1) is 0 Å². The fourth-order valence-electron chi connectivity index (χ4n) is 3.65. The molecule has 2 atom stereocenters. The smallest absolute Gasteiger partial charge is 0.256 e. The zero-order valence-corrected chi connectivity index (χ0v) is 11.8. The van der Waals surface area contributed by atoms with E-state index in [9.17, 15) is 4.79 Å². The highest BCUT2D eigenvalue weighted by atomic mass is 16.5. The van der Waals surface area contributed by atoms with Crippen LogP contribution in [0.25, 0.3) is 10.9 Å². The Kier molecular flexibility index (Phi) is 2.89. The van der Waals surface area contributed by atoms with Crippen LogP contribution in [0.1, 0.15) is 29.6 Å². The SMILES string of the molecule is Nc1ccc2[nH]cc(C(=O)N3CCOC4CCCC43)c2c1. The van der Waals surface area contributed by atoms with Gasteiger partial charge in [-0.05, 0) is 37.5 Å². The highest BCUT2D eigenvalue weighted by molar-refractivity contribution is 6.07. The summed E-state index contributed by atoms with van der Waals surface area (Å²) in [5.41, 5.74) is 8.20. The summed E-state index contributed by atoms with van der Waals surface area (Å²) in [6.07, 6.45) is 5.26. The van der Waals surface area contributed by atoms with Gasteiger partial charge in [-0.3, -0.25) is 4.79 Å². The van der Waals surface area contributed by atoms with Crippen molar-refractivity contribution in [2.45, 2.75) is 31.4 Å². The number of ether oxygens (including phenoxy) is 1. The standard InChI is InChI=1S/C16H19N3O2/c17-10-4-5-13-11(8-10)12(9-18-13)16(20)19-6-7-21-15-3-1-2-14(15)19/h4-5,8-9,14-15,18H,1-3,6-7,17H2. The first-order valence-electron chi connectivity index (χ1n) is 7.53. The van der Waals surface area contributed by atoms with Crippen LogP contribution in [0.3, 0.4) is 0 Å². The number of aromatic nitrogens is 1.